The highest BCUT2D eigenvalue weighted by atomic mass is 35.5. The van der Waals surface area contributed by atoms with Crippen molar-refractivity contribution in [3.8, 4) is 0 Å². The fraction of sp³-hybridized carbons (Fsp3) is 0.235. The molecule has 0 aliphatic carbocycles. The van der Waals surface area contributed by atoms with Gasteiger partial charge in [0.15, 0.2) is 0 Å². The summed E-state index contributed by atoms with van der Waals surface area (Å²) < 4.78 is 0. The van der Waals surface area contributed by atoms with Crippen molar-refractivity contribution in [1.29, 1.82) is 0 Å². The van der Waals surface area contributed by atoms with Gasteiger partial charge in [-0.15, -0.1) is 11.3 Å². The maximum Gasteiger partial charge on any atom is 0.233 e. The smallest absolute Gasteiger partial charge is 0.233 e. The highest BCUT2D eigenvalue weighted by molar-refractivity contribution is 8.00. The quantitative estimate of drug-likeness (QED) is 0.453. The number of nitrogens with one attached hydrogen (secondary N) is 1. The van der Waals surface area contributed by atoms with Crippen molar-refractivity contribution in [3.05, 3.63) is 51.6 Å². The van der Waals surface area contributed by atoms with Gasteiger partial charge in [-0.3, -0.25) is 4.79 Å². The van der Waals surface area contributed by atoms with Crippen molar-refractivity contribution in [2.24, 2.45) is 0 Å². The van der Waals surface area contributed by atoms with Gasteiger partial charge in [-0.2, -0.15) is 0 Å². The molecule has 1 aromatic carbocycles. The Morgan fingerprint density at radius 3 is 2.80 bits per heavy atom. The minimum absolute atomic E-state index is 0.0782. The zero-order valence-corrected chi connectivity index (χ0v) is 16.6. The third-order valence-electron chi connectivity index (χ3n) is 3.67. The Morgan fingerprint density at radius 1 is 1.24 bits per heavy atom. The first kappa shape index (κ1) is 18.5. The Labute approximate surface area is 164 Å². The third-order valence-corrected chi connectivity index (χ3v) is 6.17. The van der Waals surface area contributed by atoms with Gasteiger partial charge in [0.1, 0.15) is 16.2 Å². The van der Waals surface area contributed by atoms with Crippen LogP contribution in [0.5, 0.6) is 0 Å². The first-order valence-corrected chi connectivity index (χ1v) is 10.1. The van der Waals surface area contributed by atoms with Crippen molar-refractivity contribution in [2.75, 3.05) is 0 Å². The zero-order chi connectivity index (χ0) is 18.0. The maximum absolute atomic E-state index is 12.5. The molecular weight excluding hydrogens is 397 g/mol. The minimum Gasteiger partial charge on any atom is -0.349 e. The monoisotopic (exact) mass is 411 g/mol. The second-order valence-corrected chi connectivity index (χ2v) is 8.54. The number of hydrogen-bond acceptors (Lipinski definition) is 5. The molecule has 25 heavy (non-hydrogen) atoms. The Balaban J connectivity index is 1.69. The molecule has 2 aromatic heterocycles. The molecule has 0 saturated carbocycles. The van der Waals surface area contributed by atoms with Crippen LogP contribution < -0.4 is 5.32 Å². The van der Waals surface area contributed by atoms with Crippen molar-refractivity contribution in [1.82, 2.24) is 15.3 Å². The number of thioether (sulfide) groups is 1. The van der Waals surface area contributed by atoms with Crippen LogP contribution in [0.3, 0.4) is 0 Å². The zero-order valence-electron chi connectivity index (χ0n) is 13.5. The van der Waals surface area contributed by atoms with E-state index in [1.807, 2.05) is 31.4 Å². The summed E-state index contributed by atoms with van der Waals surface area (Å²) in [6, 6.07) is 7.02. The van der Waals surface area contributed by atoms with E-state index in [-0.39, 0.29) is 17.2 Å². The summed E-state index contributed by atoms with van der Waals surface area (Å²) in [7, 11) is 0. The van der Waals surface area contributed by atoms with E-state index in [4.69, 9.17) is 23.2 Å². The van der Waals surface area contributed by atoms with E-state index in [0.29, 0.717) is 10.0 Å². The van der Waals surface area contributed by atoms with Gasteiger partial charge in [0.25, 0.3) is 0 Å². The van der Waals surface area contributed by atoms with Crippen LogP contribution in [0.1, 0.15) is 25.5 Å². The van der Waals surface area contributed by atoms with E-state index in [1.54, 1.807) is 23.5 Å². The van der Waals surface area contributed by atoms with Gasteiger partial charge in [0, 0.05) is 15.4 Å². The van der Waals surface area contributed by atoms with E-state index in [2.05, 4.69) is 15.3 Å². The number of carbonyl (C=O) groups excluding carboxylic acids is 1. The average molecular weight is 412 g/mol. The molecule has 8 heteroatoms. The lowest BCUT2D eigenvalue weighted by Crippen LogP contribution is -2.33. The second kappa shape index (κ2) is 7.91. The molecule has 0 bridgehead atoms. The SMILES string of the molecule is C[C@H](Sc1ncnc2sccc12)C(=O)N[C@@H](C)c1ccc(Cl)cc1Cl. The molecule has 0 fully saturated rings. The van der Waals surface area contributed by atoms with Crippen LogP contribution in [-0.2, 0) is 4.79 Å². The number of thiophene rings is 1. The number of hydrogen-bond donors (Lipinski definition) is 1. The van der Waals surface area contributed by atoms with Crippen molar-refractivity contribution >= 4 is 62.4 Å². The Morgan fingerprint density at radius 2 is 2.04 bits per heavy atom. The first-order valence-electron chi connectivity index (χ1n) is 7.56. The Bertz CT molecular complexity index is 916. The highest BCUT2D eigenvalue weighted by Gasteiger charge is 2.20. The van der Waals surface area contributed by atoms with E-state index >= 15 is 0 Å². The molecule has 1 amide bonds. The molecule has 4 nitrogen and oxygen atoms in total. The summed E-state index contributed by atoms with van der Waals surface area (Å²) in [5.41, 5.74) is 0.832. The van der Waals surface area contributed by atoms with E-state index in [0.717, 1.165) is 20.8 Å². The summed E-state index contributed by atoms with van der Waals surface area (Å²) in [6.07, 6.45) is 1.53. The molecule has 0 aliphatic heterocycles. The van der Waals surface area contributed by atoms with Crippen LogP contribution in [0.4, 0.5) is 0 Å². The van der Waals surface area contributed by atoms with Gasteiger partial charge in [-0.05, 0) is 43.0 Å². The molecular formula is C17H15Cl2N3OS2. The van der Waals surface area contributed by atoms with Crippen LogP contribution in [-0.4, -0.2) is 21.1 Å². The summed E-state index contributed by atoms with van der Waals surface area (Å²) >= 11 is 15.1. The van der Waals surface area contributed by atoms with Gasteiger partial charge in [0.05, 0.1) is 11.3 Å². The predicted molar refractivity (Wildman–Crippen MR) is 106 cm³/mol. The normalized spacial score (nSPS) is 13.6. The first-order chi connectivity index (χ1) is 12.0. The molecule has 3 rings (SSSR count). The van der Waals surface area contributed by atoms with Crippen LogP contribution in [0.25, 0.3) is 10.2 Å². The number of nitrogens with zero attached hydrogens (tertiary/aromatic N) is 2. The van der Waals surface area contributed by atoms with Crippen molar-refractivity contribution < 1.29 is 4.79 Å². The van der Waals surface area contributed by atoms with Gasteiger partial charge < -0.3 is 5.32 Å². The summed E-state index contributed by atoms with van der Waals surface area (Å²) in [4.78, 5) is 22.0. The summed E-state index contributed by atoms with van der Waals surface area (Å²) in [5, 5.41) is 7.56. The van der Waals surface area contributed by atoms with Crippen LogP contribution >= 0.6 is 46.3 Å². The number of rotatable bonds is 5. The van der Waals surface area contributed by atoms with E-state index in [9.17, 15) is 4.79 Å². The van der Waals surface area contributed by atoms with Crippen LogP contribution in [0, 0.1) is 0 Å². The highest BCUT2D eigenvalue weighted by Crippen LogP contribution is 2.31. The van der Waals surface area contributed by atoms with Crippen molar-refractivity contribution in [3.63, 3.8) is 0 Å². The van der Waals surface area contributed by atoms with Crippen molar-refractivity contribution in [2.45, 2.75) is 30.2 Å². The molecule has 0 unspecified atom stereocenters. The number of aromatic nitrogens is 2. The lowest BCUT2D eigenvalue weighted by Gasteiger charge is -2.18. The number of carbonyl (C=O) groups is 1. The molecule has 0 saturated heterocycles. The topological polar surface area (TPSA) is 54.9 Å². The average Bonchev–Trinajstić information content (AvgIpc) is 3.04. The summed E-state index contributed by atoms with van der Waals surface area (Å²) in [6.45, 7) is 3.75. The number of halogens is 2. The van der Waals surface area contributed by atoms with E-state index < -0.39 is 0 Å². The lowest BCUT2D eigenvalue weighted by molar-refractivity contribution is -0.120. The number of benzene rings is 1. The standard InChI is InChI=1S/C17H15Cl2N3OS2/c1-9(12-4-3-11(18)7-14(12)19)22-15(23)10(2)25-17-13-5-6-24-16(13)20-8-21-17/h3-10H,1-2H3,(H,22,23)/t9-,10-/m0/s1. The molecule has 0 aliphatic rings. The molecule has 0 radical (unpaired) electrons. The van der Waals surface area contributed by atoms with Gasteiger partial charge in [-0.1, -0.05) is 41.0 Å². The lowest BCUT2D eigenvalue weighted by atomic mass is 10.1. The fourth-order valence-corrected chi connectivity index (χ4v) is 4.62. The Hall–Kier alpha value is -1.34. The second-order valence-electron chi connectivity index (χ2n) is 5.47. The van der Waals surface area contributed by atoms with Gasteiger partial charge in [-0.25, -0.2) is 9.97 Å². The number of amides is 1. The van der Waals surface area contributed by atoms with Crippen LogP contribution in [0.15, 0.2) is 41.0 Å². The summed E-state index contributed by atoms with van der Waals surface area (Å²) in [5.74, 6) is -0.0782. The molecule has 1 N–H and O–H groups in total. The minimum atomic E-state index is -0.300. The van der Waals surface area contributed by atoms with Gasteiger partial charge in [0.2, 0.25) is 5.91 Å². The maximum atomic E-state index is 12.5. The predicted octanol–water partition coefficient (Wildman–Crippen LogP) is 5.36. The largest absolute Gasteiger partial charge is 0.349 e. The molecule has 2 heterocycles. The molecule has 3 aromatic rings. The van der Waals surface area contributed by atoms with Crippen LogP contribution in [0.2, 0.25) is 10.0 Å². The molecule has 0 spiro atoms. The molecule has 2 atom stereocenters. The van der Waals surface area contributed by atoms with E-state index in [1.165, 1.54) is 18.1 Å². The Kier molecular flexibility index (Phi) is 5.84. The number of fused-ring (bicyclic) bond motifs is 1. The van der Waals surface area contributed by atoms with Gasteiger partial charge >= 0.3 is 0 Å². The fourth-order valence-electron chi connectivity index (χ4n) is 2.34. The third kappa shape index (κ3) is 4.26. The molecule has 130 valence electrons.